The van der Waals surface area contributed by atoms with E-state index in [9.17, 15) is 14.4 Å². The lowest BCUT2D eigenvalue weighted by Crippen LogP contribution is -2.18. The average Bonchev–Trinajstić information content (AvgIpc) is 2.65. The maximum atomic E-state index is 12.3. The molecule has 0 atom stereocenters. The van der Waals surface area contributed by atoms with Crippen molar-refractivity contribution in [2.45, 2.75) is 0 Å². The fourth-order valence-corrected chi connectivity index (χ4v) is 2.28. The lowest BCUT2D eigenvalue weighted by molar-refractivity contribution is 0.0594. The summed E-state index contributed by atoms with van der Waals surface area (Å²) >= 11 is 0. The van der Waals surface area contributed by atoms with E-state index in [1.807, 2.05) is 0 Å². The number of allylic oxidation sites excluding steroid dienone is 2. The number of carbonyl (C=O) groups excluding carboxylic acids is 3. The Hall–Kier alpha value is -3.84. The van der Waals surface area contributed by atoms with Gasteiger partial charge >= 0.3 is 5.97 Å². The van der Waals surface area contributed by atoms with Gasteiger partial charge in [-0.05, 0) is 35.9 Å². The van der Waals surface area contributed by atoms with Crippen molar-refractivity contribution in [2.24, 2.45) is 5.11 Å². The fourth-order valence-electron chi connectivity index (χ4n) is 2.28. The van der Waals surface area contributed by atoms with Crippen LogP contribution in [0.2, 0.25) is 0 Å². The molecule has 0 spiro atoms. The molecule has 0 saturated carbocycles. The van der Waals surface area contributed by atoms with E-state index in [-0.39, 0.29) is 28.3 Å². The zero-order valence-corrected chi connectivity index (χ0v) is 12.8. The zero-order valence-electron chi connectivity index (χ0n) is 12.8. The van der Waals surface area contributed by atoms with Crippen LogP contribution in [0.1, 0.15) is 31.3 Å². The number of esters is 1. The molecule has 1 aliphatic carbocycles. The SMILES string of the molecule is COC(=O)c1cccc(-c2ccc3c(n2)C(=O)C(N=[N+]=[N-])=CC3=O)n1. The molecule has 2 heterocycles. The van der Waals surface area contributed by atoms with Crippen LogP contribution in [0.25, 0.3) is 21.8 Å². The molecule has 3 rings (SSSR count). The Morgan fingerprint density at radius 3 is 2.64 bits per heavy atom. The first-order valence-corrected chi connectivity index (χ1v) is 6.97. The predicted molar refractivity (Wildman–Crippen MR) is 84.7 cm³/mol. The van der Waals surface area contributed by atoms with Gasteiger partial charge in [0.1, 0.15) is 11.4 Å². The number of hydrogen-bond acceptors (Lipinski definition) is 7. The van der Waals surface area contributed by atoms with Gasteiger partial charge in [-0.3, -0.25) is 9.59 Å². The number of ketones is 2. The minimum absolute atomic E-state index is 0.0802. The number of hydrogen-bond donors (Lipinski definition) is 0. The quantitative estimate of drug-likeness (QED) is 0.366. The third kappa shape index (κ3) is 2.87. The number of rotatable bonds is 3. The minimum Gasteiger partial charge on any atom is -0.464 e. The maximum Gasteiger partial charge on any atom is 0.356 e. The summed E-state index contributed by atoms with van der Waals surface area (Å²) in [5.41, 5.74) is 8.84. The maximum absolute atomic E-state index is 12.3. The Morgan fingerprint density at radius 2 is 1.92 bits per heavy atom. The Balaban J connectivity index is 2.09. The van der Waals surface area contributed by atoms with Gasteiger partial charge in [0.15, 0.2) is 5.78 Å². The smallest absolute Gasteiger partial charge is 0.356 e. The van der Waals surface area contributed by atoms with Gasteiger partial charge in [-0.1, -0.05) is 11.2 Å². The number of azide groups is 1. The molecule has 0 N–H and O–H groups in total. The summed E-state index contributed by atoms with van der Waals surface area (Å²) in [4.78, 5) is 46.7. The van der Waals surface area contributed by atoms with Crippen molar-refractivity contribution in [3.05, 3.63) is 69.5 Å². The summed E-state index contributed by atoms with van der Waals surface area (Å²) < 4.78 is 4.62. The highest BCUT2D eigenvalue weighted by Crippen LogP contribution is 2.24. The number of nitrogens with zero attached hydrogens (tertiary/aromatic N) is 5. The molecule has 0 unspecified atom stereocenters. The topological polar surface area (TPSA) is 135 Å². The predicted octanol–water partition coefficient (Wildman–Crippen LogP) is 2.50. The molecule has 0 amide bonds. The summed E-state index contributed by atoms with van der Waals surface area (Å²) in [6, 6.07) is 7.62. The fraction of sp³-hybridized carbons (Fsp3) is 0.0625. The van der Waals surface area contributed by atoms with Gasteiger partial charge in [0.25, 0.3) is 0 Å². The minimum atomic E-state index is -0.654. The van der Waals surface area contributed by atoms with Gasteiger partial charge in [-0.2, -0.15) is 0 Å². The lowest BCUT2D eigenvalue weighted by atomic mass is 9.97. The van der Waals surface area contributed by atoms with Crippen molar-refractivity contribution in [3.63, 3.8) is 0 Å². The average molecular weight is 335 g/mol. The van der Waals surface area contributed by atoms with E-state index in [1.54, 1.807) is 12.1 Å². The summed E-state index contributed by atoms with van der Waals surface area (Å²) in [6.45, 7) is 0. The Labute approximate surface area is 140 Å². The van der Waals surface area contributed by atoms with Crippen LogP contribution in [0.5, 0.6) is 0 Å². The number of carbonyl (C=O) groups is 3. The van der Waals surface area contributed by atoms with Crippen LogP contribution in [0.4, 0.5) is 0 Å². The summed E-state index contributed by atoms with van der Waals surface area (Å²) in [6.07, 6.45) is 0.974. The van der Waals surface area contributed by atoms with E-state index >= 15 is 0 Å². The molecule has 0 aliphatic heterocycles. The molecule has 0 bridgehead atoms. The van der Waals surface area contributed by atoms with Crippen molar-refractivity contribution in [3.8, 4) is 11.4 Å². The first-order valence-electron chi connectivity index (χ1n) is 6.97. The van der Waals surface area contributed by atoms with Crippen molar-refractivity contribution in [1.82, 2.24) is 9.97 Å². The first kappa shape index (κ1) is 16.0. The van der Waals surface area contributed by atoms with E-state index in [0.29, 0.717) is 5.69 Å². The summed E-state index contributed by atoms with van der Waals surface area (Å²) in [5, 5.41) is 3.22. The standard InChI is InChI=1S/C16H9N5O4/c1-25-16(24)11-4-2-3-9(18-11)10-6-5-8-13(22)7-12(20-21-17)15(23)14(8)19-10/h2-7H,1H3. The Morgan fingerprint density at radius 1 is 1.16 bits per heavy atom. The molecular formula is C16H9N5O4. The van der Waals surface area contributed by atoms with E-state index in [1.165, 1.54) is 25.3 Å². The summed E-state index contributed by atoms with van der Waals surface area (Å²) in [7, 11) is 1.24. The van der Waals surface area contributed by atoms with Crippen LogP contribution in [0, 0.1) is 0 Å². The first-order chi connectivity index (χ1) is 12.0. The molecular weight excluding hydrogens is 326 g/mol. The van der Waals surface area contributed by atoms with Crippen LogP contribution in [0.15, 0.2) is 47.2 Å². The van der Waals surface area contributed by atoms with E-state index in [4.69, 9.17) is 5.53 Å². The number of Topliss-reactive ketones (excluding diaryl/α,β-unsaturated/α-hetero) is 1. The highest BCUT2D eigenvalue weighted by Gasteiger charge is 2.27. The second kappa shape index (κ2) is 6.34. The Kier molecular flexibility index (Phi) is 4.07. The number of aromatic nitrogens is 2. The van der Waals surface area contributed by atoms with Crippen LogP contribution >= 0.6 is 0 Å². The molecule has 9 nitrogen and oxygen atoms in total. The van der Waals surface area contributed by atoms with Gasteiger partial charge in [0.2, 0.25) is 5.78 Å². The second-order valence-corrected chi connectivity index (χ2v) is 4.90. The van der Waals surface area contributed by atoms with Crippen LogP contribution in [0.3, 0.4) is 0 Å². The summed E-state index contributed by atoms with van der Waals surface area (Å²) in [5.74, 6) is -1.75. The monoisotopic (exact) mass is 335 g/mol. The lowest BCUT2D eigenvalue weighted by Gasteiger charge is -2.12. The van der Waals surface area contributed by atoms with E-state index < -0.39 is 17.5 Å². The molecule has 25 heavy (non-hydrogen) atoms. The van der Waals surface area contributed by atoms with Gasteiger partial charge in [-0.25, -0.2) is 14.8 Å². The number of methoxy groups -OCH3 is 1. The third-order valence-corrected chi connectivity index (χ3v) is 3.43. The number of pyridine rings is 2. The molecule has 9 heteroatoms. The molecule has 0 saturated heterocycles. The number of ether oxygens (including phenoxy) is 1. The van der Waals surface area contributed by atoms with Crippen LogP contribution in [-0.2, 0) is 4.74 Å². The molecule has 1 aliphatic rings. The van der Waals surface area contributed by atoms with E-state index in [0.717, 1.165) is 6.08 Å². The van der Waals surface area contributed by atoms with Gasteiger partial charge in [0.05, 0.1) is 29.8 Å². The molecule has 0 aromatic carbocycles. The van der Waals surface area contributed by atoms with Crippen molar-refractivity contribution in [1.29, 1.82) is 0 Å². The second-order valence-electron chi connectivity index (χ2n) is 4.90. The van der Waals surface area contributed by atoms with Crippen molar-refractivity contribution >= 4 is 17.5 Å². The van der Waals surface area contributed by atoms with Gasteiger partial charge in [-0.15, -0.1) is 0 Å². The molecule has 122 valence electrons. The Bertz CT molecular complexity index is 1010. The normalized spacial score (nSPS) is 12.8. The third-order valence-electron chi connectivity index (χ3n) is 3.43. The number of fused-ring (bicyclic) bond motifs is 1. The van der Waals surface area contributed by atoms with Gasteiger partial charge in [0, 0.05) is 4.91 Å². The molecule has 2 aromatic heterocycles. The van der Waals surface area contributed by atoms with Crippen LogP contribution < -0.4 is 0 Å². The van der Waals surface area contributed by atoms with Crippen molar-refractivity contribution in [2.75, 3.05) is 7.11 Å². The highest BCUT2D eigenvalue weighted by molar-refractivity contribution is 6.23. The highest BCUT2D eigenvalue weighted by atomic mass is 16.5. The molecule has 0 fully saturated rings. The molecule has 0 radical (unpaired) electrons. The van der Waals surface area contributed by atoms with Gasteiger partial charge < -0.3 is 4.74 Å². The van der Waals surface area contributed by atoms with Crippen molar-refractivity contribution < 1.29 is 19.1 Å². The van der Waals surface area contributed by atoms with Crippen LogP contribution in [-0.4, -0.2) is 34.6 Å². The molecule has 2 aromatic rings. The zero-order chi connectivity index (χ0) is 18.0. The van der Waals surface area contributed by atoms with E-state index in [2.05, 4.69) is 24.7 Å². The largest absolute Gasteiger partial charge is 0.464 e.